The molecule has 0 spiro atoms. The Balaban J connectivity index is 2.78. The van der Waals surface area contributed by atoms with Crippen LogP contribution in [0.1, 0.15) is 13.8 Å². The van der Waals surface area contributed by atoms with E-state index in [4.69, 9.17) is 5.26 Å². The van der Waals surface area contributed by atoms with Crippen LogP contribution in [0.4, 0.5) is 10.1 Å². The Labute approximate surface area is 98.8 Å². The fourth-order valence-corrected chi connectivity index (χ4v) is 1.05. The lowest BCUT2D eigenvalue weighted by molar-refractivity contribution is -0.115. The Hall–Kier alpha value is -2.22. The van der Waals surface area contributed by atoms with Crippen molar-refractivity contribution in [1.29, 1.82) is 5.26 Å². The molecule has 0 fully saturated rings. The van der Waals surface area contributed by atoms with Gasteiger partial charge in [-0.15, -0.1) is 0 Å². The molecule has 1 aromatic carbocycles. The van der Waals surface area contributed by atoms with E-state index >= 15 is 0 Å². The third kappa shape index (κ3) is 3.68. The molecule has 1 aromatic rings. The van der Waals surface area contributed by atoms with Crippen LogP contribution in [0.3, 0.4) is 0 Å². The molecule has 0 atom stereocenters. The first kappa shape index (κ1) is 12.8. The average molecular weight is 233 g/mol. The smallest absolute Gasteiger partial charge is 0.203 e. The number of nitrogens with one attached hydrogen (secondary N) is 1. The van der Waals surface area contributed by atoms with Crippen molar-refractivity contribution in [3.05, 3.63) is 30.1 Å². The minimum Gasteiger partial charge on any atom is -0.291 e. The van der Waals surface area contributed by atoms with Crippen molar-refractivity contribution in [2.75, 3.05) is 5.43 Å². The summed E-state index contributed by atoms with van der Waals surface area (Å²) in [5.41, 5.74) is 2.86. The number of hydrazone groups is 1. The Morgan fingerprint density at radius 1 is 1.41 bits per heavy atom. The van der Waals surface area contributed by atoms with E-state index in [2.05, 4.69) is 10.5 Å². The quantitative estimate of drug-likeness (QED) is 0.641. The molecule has 17 heavy (non-hydrogen) atoms. The summed E-state index contributed by atoms with van der Waals surface area (Å²) >= 11 is 0. The first-order valence-electron chi connectivity index (χ1n) is 5.08. The van der Waals surface area contributed by atoms with Gasteiger partial charge in [0.2, 0.25) is 5.71 Å². The molecule has 0 heterocycles. The molecule has 0 saturated carbocycles. The van der Waals surface area contributed by atoms with Crippen molar-refractivity contribution < 1.29 is 9.18 Å². The van der Waals surface area contributed by atoms with Gasteiger partial charge in [0, 0.05) is 5.92 Å². The van der Waals surface area contributed by atoms with Crippen LogP contribution in [0.2, 0.25) is 0 Å². The number of carbonyl (C=O) groups excluding carboxylic acids is 1. The summed E-state index contributed by atoms with van der Waals surface area (Å²) in [7, 11) is 0. The van der Waals surface area contributed by atoms with Gasteiger partial charge >= 0.3 is 0 Å². The number of nitriles is 1. The number of ketones is 1. The van der Waals surface area contributed by atoms with E-state index in [1.54, 1.807) is 19.9 Å². The average Bonchev–Trinajstić information content (AvgIpc) is 2.31. The Kier molecular flexibility index (Phi) is 4.35. The zero-order valence-electron chi connectivity index (χ0n) is 9.57. The fraction of sp³-hybridized carbons (Fsp3) is 0.250. The van der Waals surface area contributed by atoms with Gasteiger partial charge in [0.05, 0.1) is 5.69 Å². The molecule has 88 valence electrons. The van der Waals surface area contributed by atoms with E-state index < -0.39 is 0 Å². The van der Waals surface area contributed by atoms with Crippen molar-refractivity contribution in [3.8, 4) is 6.07 Å². The van der Waals surface area contributed by atoms with E-state index in [1.807, 2.05) is 0 Å². The highest BCUT2D eigenvalue weighted by Gasteiger charge is 2.14. The van der Waals surface area contributed by atoms with E-state index in [0.717, 1.165) is 0 Å². The number of benzene rings is 1. The molecule has 5 heteroatoms. The number of halogens is 1. The number of hydrogen-bond acceptors (Lipinski definition) is 4. The van der Waals surface area contributed by atoms with Gasteiger partial charge in [-0.25, -0.2) is 4.39 Å². The maximum Gasteiger partial charge on any atom is 0.203 e. The van der Waals surface area contributed by atoms with Crippen molar-refractivity contribution in [2.24, 2.45) is 11.0 Å². The summed E-state index contributed by atoms with van der Waals surface area (Å²) in [4.78, 5) is 11.5. The van der Waals surface area contributed by atoms with E-state index in [1.165, 1.54) is 24.3 Å². The van der Waals surface area contributed by atoms with Gasteiger partial charge in [0.15, 0.2) is 5.78 Å². The van der Waals surface area contributed by atoms with Crippen LogP contribution < -0.4 is 5.43 Å². The topological polar surface area (TPSA) is 65.2 Å². The third-order valence-electron chi connectivity index (χ3n) is 2.00. The lowest BCUT2D eigenvalue weighted by Crippen LogP contribution is -2.19. The molecule has 0 aliphatic carbocycles. The highest BCUT2D eigenvalue weighted by atomic mass is 19.1. The predicted octanol–water partition coefficient (Wildman–Crippen LogP) is 2.34. The SMILES string of the molecule is CC(C)C(=O)/C(C#N)=N/Nc1ccc(F)cc1. The van der Waals surface area contributed by atoms with Gasteiger partial charge in [0.1, 0.15) is 11.9 Å². The highest BCUT2D eigenvalue weighted by Crippen LogP contribution is 2.08. The van der Waals surface area contributed by atoms with Crippen molar-refractivity contribution in [3.63, 3.8) is 0 Å². The van der Waals surface area contributed by atoms with Gasteiger partial charge < -0.3 is 0 Å². The first-order valence-corrected chi connectivity index (χ1v) is 5.08. The second-order valence-electron chi connectivity index (χ2n) is 3.71. The van der Waals surface area contributed by atoms with Crippen LogP contribution in [0.15, 0.2) is 29.4 Å². The number of Topliss-reactive ketones (excluding diaryl/α,β-unsaturated/α-hetero) is 1. The fourth-order valence-electron chi connectivity index (χ4n) is 1.05. The Morgan fingerprint density at radius 2 is 2.00 bits per heavy atom. The van der Waals surface area contributed by atoms with Crippen LogP contribution in [0.5, 0.6) is 0 Å². The van der Waals surface area contributed by atoms with Crippen molar-refractivity contribution in [2.45, 2.75) is 13.8 Å². The zero-order valence-corrected chi connectivity index (χ0v) is 9.57. The number of carbonyl (C=O) groups is 1. The van der Waals surface area contributed by atoms with Gasteiger partial charge in [0.25, 0.3) is 0 Å². The molecule has 0 bridgehead atoms. The van der Waals surface area contributed by atoms with E-state index in [-0.39, 0.29) is 23.2 Å². The number of rotatable bonds is 4. The summed E-state index contributed by atoms with van der Waals surface area (Å²) in [6.07, 6.45) is 0. The maximum atomic E-state index is 12.6. The summed E-state index contributed by atoms with van der Waals surface area (Å²) in [5.74, 6) is -0.983. The van der Waals surface area contributed by atoms with Crippen molar-refractivity contribution in [1.82, 2.24) is 0 Å². The minimum atomic E-state index is -0.363. The van der Waals surface area contributed by atoms with Crippen LogP contribution in [0.25, 0.3) is 0 Å². The van der Waals surface area contributed by atoms with Gasteiger partial charge in [-0.2, -0.15) is 10.4 Å². The number of nitrogens with zero attached hydrogens (tertiary/aromatic N) is 2. The maximum absolute atomic E-state index is 12.6. The third-order valence-corrected chi connectivity index (χ3v) is 2.00. The molecule has 4 nitrogen and oxygen atoms in total. The first-order chi connectivity index (χ1) is 8.04. The van der Waals surface area contributed by atoms with Gasteiger partial charge in [-0.05, 0) is 24.3 Å². The Morgan fingerprint density at radius 3 is 2.47 bits per heavy atom. The van der Waals surface area contributed by atoms with Gasteiger partial charge in [-0.1, -0.05) is 13.8 Å². The lowest BCUT2D eigenvalue weighted by Gasteiger charge is -2.03. The largest absolute Gasteiger partial charge is 0.291 e. The second-order valence-corrected chi connectivity index (χ2v) is 3.71. The van der Waals surface area contributed by atoms with Crippen LogP contribution in [0, 0.1) is 23.1 Å². The summed E-state index contributed by atoms with van der Waals surface area (Å²) < 4.78 is 12.6. The van der Waals surface area contributed by atoms with Gasteiger partial charge in [-0.3, -0.25) is 10.2 Å². The van der Waals surface area contributed by atoms with Crippen LogP contribution in [-0.2, 0) is 4.79 Å². The molecule has 0 aromatic heterocycles. The van der Waals surface area contributed by atoms with Crippen LogP contribution in [-0.4, -0.2) is 11.5 Å². The Bertz CT molecular complexity index is 472. The minimum absolute atomic E-state index is 0.190. The molecule has 0 aliphatic rings. The molecule has 1 N–H and O–H groups in total. The standard InChI is InChI=1S/C12H12FN3O/c1-8(2)12(17)11(7-14)16-15-10-5-3-9(13)4-6-10/h3-6,8,15H,1-2H3/b16-11+. The monoisotopic (exact) mass is 233 g/mol. The van der Waals surface area contributed by atoms with Crippen LogP contribution >= 0.6 is 0 Å². The lowest BCUT2D eigenvalue weighted by atomic mass is 10.1. The second kappa shape index (κ2) is 5.75. The summed E-state index contributed by atoms with van der Waals surface area (Å²) in [5, 5.41) is 12.5. The molecule has 0 unspecified atom stereocenters. The normalized spacial score (nSPS) is 11.1. The number of anilines is 1. The van der Waals surface area contributed by atoms with E-state index in [0.29, 0.717) is 5.69 Å². The highest BCUT2D eigenvalue weighted by molar-refractivity contribution is 6.46. The van der Waals surface area contributed by atoms with Crippen molar-refractivity contribution >= 4 is 17.2 Å². The predicted molar refractivity (Wildman–Crippen MR) is 62.9 cm³/mol. The molecular weight excluding hydrogens is 221 g/mol. The number of hydrogen-bond donors (Lipinski definition) is 1. The molecule has 0 radical (unpaired) electrons. The molecule has 0 amide bonds. The molecule has 0 saturated heterocycles. The zero-order chi connectivity index (χ0) is 12.8. The molecular formula is C12H12FN3O. The summed E-state index contributed by atoms with van der Waals surface area (Å²) in [6, 6.07) is 7.18. The molecule has 1 rings (SSSR count). The molecule has 0 aliphatic heterocycles. The van der Waals surface area contributed by atoms with E-state index in [9.17, 15) is 9.18 Å². The summed E-state index contributed by atoms with van der Waals surface area (Å²) in [6.45, 7) is 3.38.